The molecule has 11 heavy (non-hydrogen) atoms. The summed E-state index contributed by atoms with van der Waals surface area (Å²) in [5, 5.41) is 0. The second-order valence-corrected chi connectivity index (χ2v) is 3.75. The highest BCUT2D eigenvalue weighted by Crippen LogP contribution is 2.26. The van der Waals surface area contributed by atoms with Crippen molar-refractivity contribution in [1.82, 2.24) is 0 Å². The summed E-state index contributed by atoms with van der Waals surface area (Å²) in [6, 6.07) is 0. The van der Waals surface area contributed by atoms with Crippen molar-refractivity contribution in [3.8, 4) is 0 Å². The molecule has 1 nitrogen and oxygen atoms in total. The predicted molar refractivity (Wildman–Crippen MR) is 46.4 cm³/mol. The van der Waals surface area contributed by atoms with Crippen LogP contribution in [0.1, 0.15) is 40.0 Å². The van der Waals surface area contributed by atoms with E-state index in [1.54, 1.807) is 0 Å². The molecule has 1 saturated carbocycles. The molecule has 1 atom stereocenters. The quantitative estimate of drug-likeness (QED) is 0.488. The summed E-state index contributed by atoms with van der Waals surface area (Å²) >= 11 is 0. The second-order valence-electron chi connectivity index (χ2n) is 3.75. The molecule has 0 N–H and O–H groups in total. The molecule has 0 saturated heterocycles. The van der Waals surface area contributed by atoms with Gasteiger partial charge in [0.05, 0.1) is 0 Å². The van der Waals surface area contributed by atoms with Crippen LogP contribution in [0.25, 0.3) is 0 Å². The van der Waals surface area contributed by atoms with Gasteiger partial charge in [0.15, 0.2) is 5.78 Å². The number of allylic oxidation sites excluding steroid dienone is 2. The lowest BCUT2D eigenvalue weighted by molar-refractivity contribution is -0.117. The maximum atomic E-state index is 11.4. The Labute approximate surface area is 68.5 Å². The van der Waals surface area contributed by atoms with Crippen LogP contribution in [0.3, 0.4) is 0 Å². The third kappa shape index (κ3) is 1.92. The van der Waals surface area contributed by atoms with Crippen molar-refractivity contribution in [2.45, 2.75) is 40.0 Å². The second kappa shape index (κ2) is 3.21. The van der Waals surface area contributed by atoms with Crippen LogP contribution in [-0.2, 0) is 4.79 Å². The van der Waals surface area contributed by atoms with E-state index in [9.17, 15) is 4.79 Å². The molecule has 0 spiro atoms. The number of ketones is 1. The van der Waals surface area contributed by atoms with E-state index in [2.05, 4.69) is 6.92 Å². The van der Waals surface area contributed by atoms with Crippen LogP contribution < -0.4 is 0 Å². The van der Waals surface area contributed by atoms with E-state index in [1.807, 2.05) is 13.8 Å². The number of carbonyl (C=O) groups excluding carboxylic acids is 1. The van der Waals surface area contributed by atoms with Gasteiger partial charge in [-0.1, -0.05) is 12.5 Å². The van der Waals surface area contributed by atoms with Gasteiger partial charge in [-0.25, -0.2) is 0 Å². The van der Waals surface area contributed by atoms with Crippen LogP contribution in [0.4, 0.5) is 0 Å². The lowest BCUT2D eigenvalue weighted by Gasteiger charge is -2.19. The summed E-state index contributed by atoms with van der Waals surface area (Å²) < 4.78 is 0. The zero-order valence-corrected chi connectivity index (χ0v) is 7.61. The fourth-order valence-corrected chi connectivity index (χ4v) is 1.60. The minimum Gasteiger partial charge on any atom is -0.295 e. The first-order chi connectivity index (χ1) is 5.11. The first kappa shape index (κ1) is 8.51. The number of hydrogen-bond acceptors (Lipinski definition) is 1. The van der Waals surface area contributed by atoms with Crippen molar-refractivity contribution >= 4 is 5.78 Å². The Morgan fingerprint density at radius 2 is 2.09 bits per heavy atom. The van der Waals surface area contributed by atoms with Crippen molar-refractivity contribution in [2.75, 3.05) is 0 Å². The number of hydrogen-bond donors (Lipinski definition) is 0. The predicted octanol–water partition coefficient (Wildman–Crippen LogP) is 2.71. The van der Waals surface area contributed by atoms with Crippen LogP contribution in [0.15, 0.2) is 11.1 Å². The van der Waals surface area contributed by atoms with Crippen LogP contribution in [0, 0.1) is 5.92 Å². The molecular weight excluding hydrogens is 136 g/mol. The summed E-state index contributed by atoms with van der Waals surface area (Å²) in [5.74, 6) is 0.981. The maximum absolute atomic E-state index is 11.4. The standard InChI is InChI=1S/C10H16O/c1-7(2)9-5-4-8(3)6-10(9)11/h8H,4-6H2,1-3H3/t8-/m0/s1. The van der Waals surface area contributed by atoms with Gasteiger partial charge in [0.1, 0.15) is 0 Å². The lowest BCUT2D eigenvalue weighted by Crippen LogP contribution is -2.16. The highest BCUT2D eigenvalue weighted by Gasteiger charge is 2.20. The molecule has 0 aromatic carbocycles. The fourth-order valence-electron chi connectivity index (χ4n) is 1.60. The summed E-state index contributed by atoms with van der Waals surface area (Å²) in [6.07, 6.45) is 2.95. The molecule has 1 heteroatoms. The van der Waals surface area contributed by atoms with E-state index in [0.29, 0.717) is 11.7 Å². The molecule has 1 fully saturated rings. The average molecular weight is 152 g/mol. The van der Waals surface area contributed by atoms with Gasteiger partial charge in [0.2, 0.25) is 0 Å². The van der Waals surface area contributed by atoms with Gasteiger partial charge in [-0.3, -0.25) is 4.79 Å². The van der Waals surface area contributed by atoms with Crippen molar-refractivity contribution in [1.29, 1.82) is 0 Å². The molecule has 1 aliphatic rings. The minimum atomic E-state index is 0.378. The van der Waals surface area contributed by atoms with Crippen molar-refractivity contribution in [3.05, 3.63) is 11.1 Å². The molecule has 62 valence electrons. The van der Waals surface area contributed by atoms with Gasteiger partial charge in [0, 0.05) is 6.42 Å². The average Bonchev–Trinajstić information content (AvgIpc) is 1.85. The monoisotopic (exact) mass is 152 g/mol. The fraction of sp³-hybridized carbons (Fsp3) is 0.700. The molecule has 0 amide bonds. The Bertz CT molecular complexity index is 197. The molecular formula is C10H16O. The van der Waals surface area contributed by atoms with Crippen molar-refractivity contribution in [2.24, 2.45) is 5.92 Å². The normalized spacial score (nSPS) is 25.5. The van der Waals surface area contributed by atoms with Crippen LogP contribution in [0.2, 0.25) is 0 Å². The Hall–Kier alpha value is -0.590. The highest BCUT2D eigenvalue weighted by molar-refractivity contribution is 5.96. The smallest absolute Gasteiger partial charge is 0.159 e. The van der Waals surface area contributed by atoms with Gasteiger partial charge < -0.3 is 0 Å². The molecule has 0 radical (unpaired) electrons. The maximum Gasteiger partial charge on any atom is 0.159 e. The van der Waals surface area contributed by atoms with E-state index < -0.39 is 0 Å². The zero-order valence-electron chi connectivity index (χ0n) is 7.61. The Balaban J connectivity index is 2.74. The number of Topliss-reactive ketones (excluding diaryl/α,β-unsaturated/α-hetero) is 1. The number of rotatable bonds is 0. The highest BCUT2D eigenvalue weighted by atomic mass is 16.1. The van der Waals surface area contributed by atoms with E-state index in [1.165, 1.54) is 12.0 Å². The Morgan fingerprint density at radius 3 is 2.55 bits per heavy atom. The third-order valence-corrected chi connectivity index (χ3v) is 2.36. The van der Waals surface area contributed by atoms with Crippen molar-refractivity contribution < 1.29 is 4.79 Å². The Morgan fingerprint density at radius 1 is 1.45 bits per heavy atom. The van der Waals surface area contributed by atoms with E-state index >= 15 is 0 Å². The largest absolute Gasteiger partial charge is 0.295 e. The molecule has 0 bridgehead atoms. The first-order valence-corrected chi connectivity index (χ1v) is 4.31. The molecule has 1 rings (SSSR count). The van der Waals surface area contributed by atoms with Gasteiger partial charge in [-0.2, -0.15) is 0 Å². The van der Waals surface area contributed by atoms with E-state index in [-0.39, 0.29) is 0 Å². The van der Waals surface area contributed by atoms with Crippen LogP contribution in [0.5, 0.6) is 0 Å². The summed E-state index contributed by atoms with van der Waals surface area (Å²) in [5.41, 5.74) is 2.30. The van der Waals surface area contributed by atoms with Crippen LogP contribution >= 0.6 is 0 Å². The summed E-state index contributed by atoms with van der Waals surface area (Å²) in [7, 11) is 0. The van der Waals surface area contributed by atoms with Gasteiger partial charge in [-0.05, 0) is 38.2 Å². The minimum absolute atomic E-state index is 0.378. The summed E-state index contributed by atoms with van der Waals surface area (Å²) in [6.45, 7) is 6.21. The molecule has 0 aromatic heterocycles. The molecule has 0 aliphatic heterocycles. The molecule has 0 unspecified atom stereocenters. The SMILES string of the molecule is CC(C)=C1CC[C@H](C)CC1=O. The Kier molecular flexibility index (Phi) is 2.48. The van der Waals surface area contributed by atoms with Gasteiger partial charge >= 0.3 is 0 Å². The first-order valence-electron chi connectivity index (χ1n) is 4.31. The summed E-state index contributed by atoms with van der Waals surface area (Å²) in [4.78, 5) is 11.4. The molecule has 1 aliphatic carbocycles. The van der Waals surface area contributed by atoms with E-state index in [4.69, 9.17) is 0 Å². The third-order valence-electron chi connectivity index (χ3n) is 2.36. The number of carbonyl (C=O) groups is 1. The molecule has 0 aromatic rings. The van der Waals surface area contributed by atoms with Crippen LogP contribution in [-0.4, -0.2) is 5.78 Å². The van der Waals surface area contributed by atoms with E-state index in [0.717, 1.165) is 18.4 Å². The van der Waals surface area contributed by atoms with Gasteiger partial charge in [-0.15, -0.1) is 0 Å². The lowest BCUT2D eigenvalue weighted by atomic mass is 9.84. The zero-order chi connectivity index (χ0) is 8.43. The van der Waals surface area contributed by atoms with Crippen molar-refractivity contribution in [3.63, 3.8) is 0 Å². The topological polar surface area (TPSA) is 17.1 Å². The van der Waals surface area contributed by atoms with Gasteiger partial charge in [0.25, 0.3) is 0 Å². The molecule has 0 heterocycles.